The Morgan fingerprint density at radius 3 is 2.50 bits per heavy atom. The molecule has 0 atom stereocenters. The van der Waals surface area contributed by atoms with Crippen molar-refractivity contribution in [2.75, 3.05) is 0 Å². The van der Waals surface area contributed by atoms with Crippen LogP contribution in [0, 0.1) is 10.1 Å². The summed E-state index contributed by atoms with van der Waals surface area (Å²) >= 11 is 0. The fourth-order valence-electron chi connectivity index (χ4n) is 2.16. The molecule has 0 bridgehead atoms. The summed E-state index contributed by atoms with van der Waals surface area (Å²) in [5.74, 6) is -1.01. The van der Waals surface area contributed by atoms with Crippen LogP contribution in [0.3, 0.4) is 0 Å². The van der Waals surface area contributed by atoms with Gasteiger partial charge < -0.3 is 20.0 Å². The second-order valence-electron chi connectivity index (χ2n) is 5.11. The molecule has 0 amide bonds. The van der Waals surface area contributed by atoms with Crippen molar-refractivity contribution in [2.45, 2.75) is 20.1 Å². The zero-order valence-electron chi connectivity index (χ0n) is 13.8. The van der Waals surface area contributed by atoms with Gasteiger partial charge in [-0.3, -0.25) is 4.79 Å². The summed E-state index contributed by atoms with van der Waals surface area (Å²) in [5.41, 5.74) is 6.74. The number of benzene rings is 2. The first-order valence-corrected chi connectivity index (χ1v) is 7.49. The van der Waals surface area contributed by atoms with Crippen molar-refractivity contribution in [1.82, 2.24) is 0 Å². The molecule has 2 aromatic rings. The summed E-state index contributed by atoms with van der Waals surface area (Å²) in [7, 11) is 0. The van der Waals surface area contributed by atoms with Crippen LogP contribution in [0.2, 0.25) is 0 Å². The maximum Gasteiger partial charge on any atom is 0.347 e. The van der Waals surface area contributed by atoms with E-state index in [1.807, 2.05) is 0 Å². The van der Waals surface area contributed by atoms with Crippen molar-refractivity contribution < 1.29 is 29.0 Å². The van der Waals surface area contributed by atoms with Gasteiger partial charge in [-0.05, 0) is 35.4 Å². The van der Waals surface area contributed by atoms with Gasteiger partial charge in [0.1, 0.15) is 23.7 Å². The average molecular weight is 360 g/mol. The number of para-hydroxylation sites is 1. The van der Waals surface area contributed by atoms with Gasteiger partial charge in [-0.15, -0.1) is 10.1 Å². The molecule has 136 valence electrons. The summed E-state index contributed by atoms with van der Waals surface area (Å²) in [5, 5.41) is 9.39. The summed E-state index contributed by atoms with van der Waals surface area (Å²) in [6.07, 6.45) is 0. The molecule has 0 aliphatic carbocycles. The predicted octanol–water partition coefficient (Wildman–Crippen LogP) is 2.00. The molecule has 0 saturated carbocycles. The smallest absolute Gasteiger partial charge is 0.347 e. The molecule has 0 fully saturated rings. The van der Waals surface area contributed by atoms with E-state index in [-0.39, 0.29) is 30.2 Å². The lowest BCUT2D eigenvalue weighted by Crippen LogP contribution is -2.13. The standard InChI is InChI=1S/C17H16N2O7/c1-11(20)25-16-5-3-2-4-15(16)17(21)26-14-7-6-12(10-24-19(22)23)13(8-14)9-18/h2-8H,9-10,18H2,1H3. The minimum atomic E-state index is -0.903. The predicted molar refractivity (Wildman–Crippen MR) is 88.8 cm³/mol. The number of nitrogens with zero attached hydrogens (tertiary/aromatic N) is 1. The maximum atomic E-state index is 12.4. The van der Waals surface area contributed by atoms with E-state index in [4.69, 9.17) is 15.2 Å². The van der Waals surface area contributed by atoms with E-state index in [0.29, 0.717) is 11.1 Å². The summed E-state index contributed by atoms with van der Waals surface area (Å²) in [4.78, 5) is 38.1. The normalized spacial score (nSPS) is 10.1. The van der Waals surface area contributed by atoms with Gasteiger partial charge in [-0.25, -0.2) is 4.79 Å². The Balaban J connectivity index is 2.19. The Hall–Kier alpha value is -3.46. The lowest BCUT2D eigenvalue weighted by molar-refractivity contribution is -0.763. The Morgan fingerprint density at radius 1 is 1.12 bits per heavy atom. The van der Waals surface area contributed by atoms with E-state index >= 15 is 0 Å². The highest BCUT2D eigenvalue weighted by Gasteiger charge is 2.16. The molecule has 2 aromatic carbocycles. The molecule has 9 nitrogen and oxygen atoms in total. The summed E-state index contributed by atoms with van der Waals surface area (Å²) in [6, 6.07) is 10.6. The lowest BCUT2D eigenvalue weighted by Gasteiger charge is -2.11. The number of rotatable bonds is 7. The van der Waals surface area contributed by atoms with Crippen LogP contribution < -0.4 is 15.2 Å². The number of ether oxygens (including phenoxy) is 2. The highest BCUT2D eigenvalue weighted by atomic mass is 16.9. The van der Waals surface area contributed by atoms with E-state index in [2.05, 4.69) is 4.84 Å². The molecule has 0 aliphatic rings. The second-order valence-corrected chi connectivity index (χ2v) is 5.11. The first kappa shape index (κ1) is 18.9. The van der Waals surface area contributed by atoms with Crippen molar-refractivity contribution in [1.29, 1.82) is 0 Å². The van der Waals surface area contributed by atoms with Crippen molar-refractivity contribution in [2.24, 2.45) is 5.73 Å². The quantitative estimate of drug-likeness (QED) is 0.343. The summed E-state index contributed by atoms with van der Waals surface area (Å²) in [6.45, 7) is 1.04. The Labute approximate surface area is 148 Å². The third-order valence-electron chi connectivity index (χ3n) is 3.29. The Kier molecular flexibility index (Phi) is 6.23. The van der Waals surface area contributed by atoms with Gasteiger partial charge in [0.25, 0.3) is 5.09 Å². The highest BCUT2D eigenvalue weighted by Crippen LogP contribution is 2.23. The van der Waals surface area contributed by atoms with Crippen LogP contribution in [-0.4, -0.2) is 17.0 Å². The van der Waals surface area contributed by atoms with E-state index in [0.717, 1.165) is 0 Å². The van der Waals surface area contributed by atoms with Crippen LogP contribution >= 0.6 is 0 Å². The van der Waals surface area contributed by atoms with Crippen LogP contribution in [0.1, 0.15) is 28.4 Å². The first-order valence-electron chi connectivity index (χ1n) is 7.49. The topological polar surface area (TPSA) is 131 Å². The molecule has 2 N–H and O–H groups in total. The minimum Gasteiger partial charge on any atom is -0.426 e. The van der Waals surface area contributed by atoms with Gasteiger partial charge in [0.05, 0.1) is 0 Å². The molecule has 0 aliphatic heterocycles. The van der Waals surface area contributed by atoms with E-state index in [1.54, 1.807) is 12.1 Å². The molecule has 0 spiro atoms. The fourth-order valence-corrected chi connectivity index (χ4v) is 2.16. The van der Waals surface area contributed by atoms with Gasteiger partial charge in [0, 0.05) is 13.5 Å². The Bertz CT molecular complexity index is 836. The Morgan fingerprint density at radius 2 is 1.85 bits per heavy atom. The molecule has 0 saturated heterocycles. The maximum absolute atomic E-state index is 12.4. The number of esters is 2. The van der Waals surface area contributed by atoms with Gasteiger partial charge in [0.15, 0.2) is 0 Å². The van der Waals surface area contributed by atoms with Crippen molar-refractivity contribution in [3.63, 3.8) is 0 Å². The van der Waals surface area contributed by atoms with Crippen LogP contribution in [0.25, 0.3) is 0 Å². The molecule has 26 heavy (non-hydrogen) atoms. The molecular weight excluding hydrogens is 344 g/mol. The van der Waals surface area contributed by atoms with Crippen molar-refractivity contribution in [3.8, 4) is 11.5 Å². The van der Waals surface area contributed by atoms with Gasteiger partial charge in [-0.1, -0.05) is 18.2 Å². The van der Waals surface area contributed by atoms with Crippen molar-refractivity contribution >= 4 is 11.9 Å². The molecule has 2 rings (SSSR count). The average Bonchev–Trinajstić information content (AvgIpc) is 2.60. The van der Waals surface area contributed by atoms with Crippen LogP contribution in [0.5, 0.6) is 11.5 Å². The highest BCUT2D eigenvalue weighted by molar-refractivity contribution is 5.94. The number of carbonyl (C=O) groups is 2. The largest absolute Gasteiger partial charge is 0.426 e. The monoisotopic (exact) mass is 360 g/mol. The van der Waals surface area contributed by atoms with Crippen LogP contribution in [-0.2, 0) is 22.8 Å². The van der Waals surface area contributed by atoms with Crippen molar-refractivity contribution in [3.05, 3.63) is 69.3 Å². The molecule has 0 radical (unpaired) electrons. The first-order chi connectivity index (χ1) is 12.4. The summed E-state index contributed by atoms with van der Waals surface area (Å²) < 4.78 is 10.3. The molecule has 0 heterocycles. The zero-order chi connectivity index (χ0) is 19.1. The van der Waals surface area contributed by atoms with Crippen LogP contribution in [0.4, 0.5) is 0 Å². The van der Waals surface area contributed by atoms with E-state index in [9.17, 15) is 19.7 Å². The number of carbonyl (C=O) groups excluding carboxylic acids is 2. The number of hydrogen-bond acceptors (Lipinski definition) is 8. The number of hydrogen-bond donors (Lipinski definition) is 1. The lowest BCUT2D eigenvalue weighted by atomic mass is 10.1. The van der Waals surface area contributed by atoms with Crippen LogP contribution in [0.15, 0.2) is 42.5 Å². The molecular formula is C17H16N2O7. The third kappa shape index (κ3) is 5.02. The number of nitrogens with two attached hydrogens (primary N) is 1. The minimum absolute atomic E-state index is 0.0752. The third-order valence-corrected chi connectivity index (χ3v) is 3.29. The molecule has 0 unspecified atom stereocenters. The van der Waals surface area contributed by atoms with Gasteiger partial charge in [-0.2, -0.15) is 0 Å². The molecule has 0 aromatic heterocycles. The molecule has 9 heteroatoms. The fraction of sp³-hybridized carbons (Fsp3) is 0.176. The SMILES string of the molecule is CC(=O)Oc1ccccc1C(=O)Oc1ccc(CO[N+](=O)[O-])c(CN)c1. The zero-order valence-corrected chi connectivity index (χ0v) is 13.8. The van der Waals surface area contributed by atoms with E-state index in [1.165, 1.54) is 37.3 Å². The van der Waals surface area contributed by atoms with E-state index < -0.39 is 17.0 Å². The second kappa shape index (κ2) is 8.58. The van der Waals surface area contributed by atoms with Gasteiger partial charge in [0.2, 0.25) is 0 Å². The van der Waals surface area contributed by atoms with Gasteiger partial charge >= 0.3 is 11.9 Å².